The molecule has 3 N–H and O–H groups in total. The summed E-state index contributed by atoms with van der Waals surface area (Å²) in [6, 6.07) is 8.14. The van der Waals surface area contributed by atoms with E-state index < -0.39 is 0 Å². The maximum atomic E-state index is 9.93. The Morgan fingerprint density at radius 3 is 2.50 bits per heavy atom. The summed E-state index contributed by atoms with van der Waals surface area (Å²) >= 11 is 0. The molecule has 0 bridgehead atoms. The van der Waals surface area contributed by atoms with Gasteiger partial charge in [0, 0.05) is 36.1 Å². The van der Waals surface area contributed by atoms with Gasteiger partial charge in [-0.05, 0) is 75.1 Å². The number of likely N-dealkylation sites (tertiary alicyclic amines) is 1. The van der Waals surface area contributed by atoms with Crippen LogP contribution in [0.25, 0.3) is 0 Å². The van der Waals surface area contributed by atoms with Crippen molar-refractivity contribution in [3.05, 3.63) is 36.0 Å². The number of hydrogen-bond donors (Lipinski definition) is 3. The van der Waals surface area contributed by atoms with Crippen LogP contribution in [-0.2, 0) is 0 Å². The lowest BCUT2D eigenvalue weighted by molar-refractivity contribution is 0.126. The first-order valence-electron chi connectivity index (χ1n) is 12.7. The lowest BCUT2D eigenvalue weighted by Gasteiger charge is -2.36. The Hall–Kier alpha value is -2.38. The van der Waals surface area contributed by atoms with Crippen LogP contribution in [0.4, 0.5) is 17.5 Å². The van der Waals surface area contributed by atoms with Crippen molar-refractivity contribution in [2.75, 3.05) is 37.4 Å². The van der Waals surface area contributed by atoms with Crippen LogP contribution in [0.1, 0.15) is 70.8 Å². The van der Waals surface area contributed by atoms with E-state index in [2.05, 4.69) is 36.3 Å². The van der Waals surface area contributed by atoms with Crippen molar-refractivity contribution in [1.82, 2.24) is 14.9 Å². The smallest absolute Gasteiger partial charge is 0.229 e. The first-order chi connectivity index (χ1) is 16.3. The zero-order valence-corrected chi connectivity index (χ0v) is 21.2. The van der Waals surface area contributed by atoms with Crippen molar-refractivity contribution >= 4 is 17.5 Å². The van der Waals surface area contributed by atoms with E-state index in [-0.39, 0.29) is 6.10 Å². The molecule has 2 aromatic rings. The molecule has 1 saturated heterocycles. The second-order valence-corrected chi connectivity index (χ2v) is 11.1. The summed E-state index contributed by atoms with van der Waals surface area (Å²) in [6.07, 6.45) is 7.72. The molecule has 34 heavy (non-hydrogen) atoms. The second kappa shape index (κ2) is 10.9. The first-order valence-corrected chi connectivity index (χ1v) is 12.7. The summed E-state index contributed by atoms with van der Waals surface area (Å²) in [6.45, 7) is 10.3. The van der Waals surface area contributed by atoms with E-state index in [1.54, 1.807) is 7.11 Å². The lowest BCUT2D eigenvalue weighted by atomic mass is 9.88. The number of benzene rings is 1. The van der Waals surface area contributed by atoms with Gasteiger partial charge in [0.25, 0.3) is 0 Å². The van der Waals surface area contributed by atoms with Gasteiger partial charge in [-0.1, -0.05) is 26.8 Å². The maximum absolute atomic E-state index is 9.93. The van der Waals surface area contributed by atoms with Crippen molar-refractivity contribution in [2.45, 2.75) is 77.4 Å². The standard InChI is InChI=1S/C27H41N5O2/c1-27(2,3)18-32-14-12-19(13-15-32)24-17-28-26(30-21-6-5-7-23(16-21)34-4)31-25(24)29-20-8-10-22(33)11-9-20/h5-7,16-17,19-20,22,33H,8-15,18H2,1-4H3,(H2,28,29,30,31)/t20-,22-. The molecule has 7 nitrogen and oxygen atoms in total. The highest BCUT2D eigenvalue weighted by Crippen LogP contribution is 2.35. The highest BCUT2D eigenvalue weighted by atomic mass is 16.5. The van der Waals surface area contributed by atoms with Gasteiger partial charge >= 0.3 is 0 Å². The molecular formula is C27H41N5O2. The third-order valence-corrected chi connectivity index (χ3v) is 6.91. The summed E-state index contributed by atoms with van der Waals surface area (Å²) in [5.41, 5.74) is 2.44. The van der Waals surface area contributed by atoms with E-state index in [0.717, 1.165) is 75.4 Å². The predicted octanol–water partition coefficient (Wildman–Crippen LogP) is 5.17. The molecule has 2 fully saturated rings. The molecule has 1 aliphatic heterocycles. The number of aromatic nitrogens is 2. The zero-order chi connectivity index (χ0) is 24.1. The maximum Gasteiger partial charge on any atom is 0.229 e. The van der Waals surface area contributed by atoms with E-state index in [1.807, 2.05) is 30.5 Å². The molecule has 4 rings (SSSR count). The third-order valence-electron chi connectivity index (χ3n) is 6.91. The average Bonchev–Trinajstić information content (AvgIpc) is 2.81. The third kappa shape index (κ3) is 6.83. The van der Waals surface area contributed by atoms with E-state index >= 15 is 0 Å². The molecule has 0 amide bonds. The Bertz CT molecular complexity index is 929. The molecule has 0 atom stereocenters. The van der Waals surface area contributed by atoms with E-state index in [4.69, 9.17) is 14.7 Å². The molecule has 7 heteroatoms. The van der Waals surface area contributed by atoms with Crippen molar-refractivity contribution < 1.29 is 9.84 Å². The minimum atomic E-state index is -0.166. The largest absolute Gasteiger partial charge is 0.497 e. The number of nitrogens with one attached hydrogen (secondary N) is 2. The molecule has 0 spiro atoms. The van der Waals surface area contributed by atoms with Crippen molar-refractivity contribution in [2.24, 2.45) is 5.41 Å². The van der Waals surface area contributed by atoms with Crippen LogP contribution in [0.2, 0.25) is 0 Å². The molecule has 2 heterocycles. The van der Waals surface area contributed by atoms with Gasteiger partial charge in [0.05, 0.1) is 13.2 Å². The molecule has 1 saturated carbocycles. The van der Waals surface area contributed by atoms with Gasteiger partial charge < -0.3 is 25.4 Å². The van der Waals surface area contributed by atoms with Crippen LogP contribution in [0.3, 0.4) is 0 Å². The SMILES string of the molecule is COc1cccc(Nc2ncc(C3CCN(CC(C)(C)C)CC3)c(N[C@H]3CC[C@H](O)CC3)n2)c1. The fourth-order valence-electron chi connectivity index (χ4n) is 5.18. The van der Waals surface area contributed by atoms with E-state index in [9.17, 15) is 5.11 Å². The molecule has 186 valence electrons. The summed E-state index contributed by atoms with van der Waals surface area (Å²) in [7, 11) is 1.67. The number of aliphatic hydroxyl groups excluding tert-OH is 1. The van der Waals surface area contributed by atoms with Crippen molar-refractivity contribution in [3.8, 4) is 5.75 Å². The Balaban J connectivity index is 1.51. The summed E-state index contributed by atoms with van der Waals surface area (Å²) in [5, 5.41) is 17.0. The average molecular weight is 468 g/mol. The van der Waals surface area contributed by atoms with Crippen LogP contribution in [0.15, 0.2) is 30.5 Å². The van der Waals surface area contributed by atoms with Crippen molar-refractivity contribution in [3.63, 3.8) is 0 Å². The molecule has 0 unspecified atom stereocenters. The highest BCUT2D eigenvalue weighted by Gasteiger charge is 2.28. The Kier molecular flexibility index (Phi) is 7.94. The van der Waals surface area contributed by atoms with Crippen LogP contribution >= 0.6 is 0 Å². The molecule has 1 aliphatic carbocycles. The van der Waals surface area contributed by atoms with Gasteiger partial charge in [-0.3, -0.25) is 0 Å². The van der Waals surface area contributed by atoms with Gasteiger partial charge in [-0.25, -0.2) is 4.98 Å². The zero-order valence-electron chi connectivity index (χ0n) is 21.2. The van der Waals surface area contributed by atoms with Gasteiger partial charge in [-0.15, -0.1) is 0 Å². The number of hydrogen-bond acceptors (Lipinski definition) is 7. The number of nitrogens with zero attached hydrogens (tertiary/aromatic N) is 3. The second-order valence-electron chi connectivity index (χ2n) is 11.1. The van der Waals surface area contributed by atoms with Gasteiger partial charge in [-0.2, -0.15) is 4.98 Å². The highest BCUT2D eigenvalue weighted by molar-refractivity contribution is 5.58. The lowest BCUT2D eigenvalue weighted by Crippen LogP contribution is -2.38. The van der Waals surface area contributed by atoms with E-state index in [1.165, 1.54) is 5.56 Å². The first kappa shape index (κ1) is 24.7. The molecule has 1 aromatic heterocycles. The monoisotopic (exact) mass is 467 g/mol. The summed E-state index contributed by atoms with van der Waals surface area (Å²) < 4.78 is 5.35. The number of rotatable bonds is 7. The molecule has 1 aromatic carbocycles. The van der Waals surface area contributed by atoms with Crippen LogP contribution in [0, 0.1) is 5.41 Å². The number of methoxy groups -OCH3 is 1. The number of anilines is 3. The fourth-order valence-corrected chi connectivity index (χ4v) is 5.18. The molecule has 2 aliphatic rings. The molecule has 0 radical (unpaired) electrons. The Labute approximate surface area is 204 Å². The number of aliphatic hydroxyl groups is 1. The topological polar surface area (TPSA) is 82.5 Å². The van der Waals surface area contributed by atoms with Gasteiger partial charge in [0.15, 0.2) is 0 Å². The van der Waals surface area contributed by atoms with Crippen LogP contribution < -0.4 is 15.4 Å². The predicted molar refractivity (Wildman–Crippen MR) is 138 cm³/mol. The summed E-state index contributed by atoms with van der Waals surface area (Å²) in [5.74, 6) is 2.78. The minimum Gasteiger partial charge on any atom is -0.497 e. The van der Waals surface area contributed by atoms with E-state index in [0.29, 0.717) is 23.3 Å². The number of ether oxygens (including phenoxy) is 1. The Morgan fingerprint density at radius 1 is 1.09 bits per heavy atom. The number of piperidine rings is 1. The van der Waals surface area contributed by atoms with Gasteiger partial charge in [0.2, 0.25) is 5.95 Å². The van der Waals surface area contributed by atoms with Crippen molar-refractivity contribution in [1.29, 1.82) is 0 Å². The van der Waals surface area contributed by atoms with Crippen LogP contribution in [-0.4, -0.2) is 58.9 Å². The normalized spacial score (nSPS) is 22.4. The summed E-state index contributed by atoms with van der Waals surface area (Å²) in [4.78, 5) is 12.2. The van der Waals surface area contributed by atoms with Crippen LogP contribution in [0.5, 0.6) is 5.75 Å². The Morgan fingerprint density at radius 2 is 1.82 bits per heavy atom. The van der Waals surface area contributed by atoms with Gasteiger partial charge in [0.1, 0.15) is 11.6 Å². The minimum absolute atomic E-state index is 0.166. The fraction of sp³-hybridized carbons (Fsp3) is 0.630. The molecular weight excluding hydrogens is 426 g/mol. The quantitative estimate of drug-likeness (QED) is 0.518.